The highest BCUT2D eigenvalue weighted by Gasteiger charge is 2.33. The van der Waals surface area contributed by atoms with Crippen molar-refractivity contribution in [1.82, 2.24) is 10.2 Å². The van der Waals surface area contributed by atoms with Crippen molar-refractivity contribution in [2.75, 3.05) is 19.7 Å². The highest BCUT2D eigenvalue weighted by molar-refractivity contribution is 5.81. The minimum Gasteiger partial charge on any atom is -0.450 e. The van der Waals surface area contributed by atoms with Crippen molar-refractivity contribution in [3.8, 4) is 0 Å². The molecule has 2 amide bonds. The summed E-state index contributed by atoms with van der Waals surface area (Å²) in [7, 11) is 0. The Balaban J connectivity index is 2.63. The summed E-state index contributed by atoms with van der Waals surface area (Å²) < 4.78 is 4.89. The lowest BCUT2D eigenvalue weighted by Crippen LogP contribution is -2.54. The van der Waals surface area contributed by atoms with Gasteiger partial charge in [-0.1, -0.05) is 27.7 Å². The molecule has 1 rings (SSSR count). The largest absolute Gasteiger partial charge is 0.450 e. The number of nitrogens with one attached hydrogen (secondary N) is 1. The van der Waals surface area contributed by atoms with Crippen LogP contribution in [0.3, 0.4) is 0 Å². The van der Waals surface area contributed by atoms with Gasteiger partial charge in [0.25, 0.3) is 0 Å². The van der Waals surface area contributed by atoms with Crippen LogP contribution in [-0.2, 0) is 9.53 Å². The Hall–Kier alpha value is -1.26. The minimum absolute atomic E-state index is 0.0194. The summed E-state index contributed by atoms with van der Waals surface area (Å²) in [6.07, 6.45) is 0.483. The Labute approximate surface area is 115 Å². The quantitative estimate of drug-likeness (QED) is 0.835. The van der Waals surface area contributed by atoms with E-state index in [1.807, 2.05) is 25.7 Å². The Morgan fingerprint density at radius 2 is 1.95 bits per heavy atom. The maximum absolute atomic E-state index is 12.3. The van der Waals surface area contributed by atoms with Gasteiger partial charge in [-0.2, -0.15) is 0 Å². The van der Waals surface area contributed by atoms with Crippen molar-refractivity contribution in [2.24, 2.45) is 11.3 Å². The number of rotatable bonds is 2. The molecule has 0 aromatic heterocycles. The van der Waals surface area contributed by atoms with Gasteiger partial charge in [-0.15, -0.1) is 0 Å². The van der Waals surface area contributed by atoms with Crippen molar-refractivity contribution < 1.29 is 14.3 Å². The number of nitrogens with zero attached hydrogens (tertiary/aromatic N) is 1. The van der Waals surface area contributed by atoms with Crippen molar-refractivity contribution in [3.05, 3.63) is 0 Å². The predicted molar refractivity (Wildman–Crippen MR) is 73.8 cm³/mol. The van der Waals surface area contributed by atoms with Crippen molar-refractivity contribution >= 4 is 12.0 Å². The topological polar surface area (TPSA) is 58.6 Å². The molecule has 5 heteroatoms. The van der Waals surface area contributed by atoms with Crippen LogP contribution < -0.4 is 5.32 Å². The average Bonchev–Trinajstić information content (AvgIpc) is 2.26. The van der Waals surface area contributed by atoms with Crippen molar-refractivity contribution in [1.29, 1.82) is 0 Å². The fourth-order valence-corrected chi connectivity index (χ4v) is 2.44. The maximum Gasteiger partial charge on any atom is 0.407 e. The van der Waals surface area contributed by atoms with Crippen LogP contribution >= 0.6 is 0 Å². The van der Waals surface area contributed by atoms with Gasteiger partial charge in [0.1, 0.15) is 0 Å². The van der Waals surface area contributed by atoms with Gasteiger partial charge in [-0.05, 0) is 19.3 Å². The molecular weight excluding hydrogens is 244 g/mol. The van der Waals surface area contributed by atoms with Crippen LogP contribution in [0.2, 0.25) is 0 Å². The third-order valence-corrected chi connectivity index (χ3v) is 3.19. The van der Waals surface area contributed by atoms with E-state index in [4.69, 9.17) is 4.74 Å². The first-order valence-corrected chi connectivity index (χ1v) is 6.96. The zero-order valence-electron chi connectivity index (χ0n) is 12.7. The molecule has 1 saturated heterocycles. The second kappa shape index (κ2) is 6.26. The summed E-state index contributed by atoms with van der Waals surface area (Å²) in [5, 5.41) is 2.83. The van der Waals surface area contributed by atoms with Gasteiger partial charge in [0.05, 0.1) is 12.6 Å². The highest BCUT2D eigenvalue weighted by atomic mass is 16.5. The molecule has 0 aromatic rings. The van der Waals surface area contributed by atoms with Gasteiger partial charge >= 0.3 is 6.09 Å². The fraction of sp³-hybridized carbons (Fsp3) is 0.857. The van der Waals surface area contributed by atoms with E-state index in [1.165, 1.54) is 0 Å². The van der Waals surface area contributed by atoms with Crippen molar-refractivity contribution in [2.45, 2.75) is 47.1 Å². The fourth-order valence-electron chi connectivity index (χ4n) is 2.44. The third kappa shape index (κ3) is 4.73. The maximum atomic E-state index is 12.3. The van der Waals surface area contributed by atoms with Crippen molar-refractivity contribution in [3.63, 3.8) is 0 Å². The molecule has 0 saturated carbocycles. The SMILES string of the molecule is CCOC(=O)NC1CC(C)CN(C(=O)C(C)(C)C)C1. The van der Waals surface area contributed by atoms with Crippen LogP contribution in [0.15, 0.2) is 0 Å². The molecule has 2 atom stereocenters. The number of hydrogen-bond acceptors (Lipinski definition) is 3. The third-order valence-electron chi connectivity index (χ3n) is 3.19. The van der Waals surface area contributed by atoms with E-state index in [9.17, 15) is 9.59 Å². The zero-order chi connectivity index (χ0) is 14.6. The van der Waals surface area contributed by atoms with Crippen LogP contribution in [0.25, 0.3) is 0 Å². The first kappa shape index (κ1) is 15.8. The number of likely N-dealkylation sites (tertiary alicyclic amines) is 1. The molecular formula is C14H26N2O3. The van der Waals surface area contributed by atoms with E-state index in [2.05, 4.69) is 12.2 Å². The first-order valence-electron chi connectivity index (χ1n) is 6.96. The molecule has 0 bridgehead atoms. The number of carbonyl (C=O) groups excluding carboxylic acids is 2. The van der Waals surface area contributed by atoms with Crippen LogP contribution in [0, 0.1) is 11.3 Å². The zero-order valence-corrected chi connectivity index (χ0v) is 12.7. The number of ether oxygens (including phenoxy) is 1. The lowest BCUT2D eigenvalue weighted by Gasteiger charge is -2.39. The second-order valence-electron chi connectivity index (χ2n) is 6.36. The number of amides is 2. The average molecular weight is 270 g/mol. The van der Waals surface area contributed by atoms with Crippen LogP contribution in [0.4, 0.5) is 4.79 Å². The number of hydrogen-bond donors (Lipinski definition) is 1. The van der Waals surface area contributed by atoms with Gasteiger partial charge in [0.2, 0.25) is 5.91 Å². The molecule has 1 aliphatic rings. The molecule has 2 unspecified atom stereocenters. The molecule has 0 aromatic carbocycles. The monoisotopic (exact) mass is 270 g/mol. The number of alkyl carbamates (subject to hydrolysis) is 1. The van der Waals surface area contributed by atoms with E-state index in [1.54, 1.807) is 6.92 Å². The van der Waals surface area contributed by atoms with Gasteiger partial charge < -0.3 is 15.0 Å². The normalized spacial score (nSPS) is 23.9. The summed E-state index contributed by atoms with van der Waals surface area (Å²) in [6.45, 7) is 11.3. The lowest BCUT2D eigenvalue weighted by atomic mass is 9.90. The molecule has 0 radical (unpaired) electrons. The molecule has 1 N–H and O–H groups in total. The molecule has 1 fully saturated rings. The molecule has 1 aliphatic heterocycles. The molecule has 0 aliphatic carbocycles. The van der Waals surface area contributed by atoms with E-state index in [0.29, 0.717) is 19.1 Å². The standard InChI is InChI=1S/C14H26N2O3/c1-6-19-13(18)15-11-7-10(2)8-16(9-11)12(17)14(3,4)5/h10-11H,6-9H2,1-5H3,(H,15,18). The summed E-state index contributed by atoms with van der Waals surface area (Å²) in [5.74, 6) is 0.515. The lowest BCUT2D eigenvalue weighted by molar-refractivity contribution is -0.141. The first-order chi connectivity index (χ1) is 8.74. The van der Waals surface area contributed by atoms with Gasteiger partial charge in [0.15, 0.2) is 0 Å². The van der Waals surface area contributed by atoms with Crippen LogP contribution in [0.1, 0.15) is 41.0 Å². The van der Waals surface area contributed by atoms with Gasteiger partial charge in [-0.3, -0.25) is 4.79 Å². The van der Waals surface area contributed by atoms with Gasteiger partial charge in [-0.25, -0.2) is 4.79 Å². The Kier molecular flexibility index (Phi) is 5.20. The smallest absolute Gasteiger partial charge is 0.407 e. The van der Waals surface area contributed by atoms with E-state index in [-0.39, 0.29) is 17.4 Å². The molecule has 5 nitrogen and oxygen atoms in total. The summed E-state index contributed by atoms with van der Waals surface area (Å²) in [5.41, 5.74) is -0.383. The van der Waals surface area contributed by atoms with E-state index < -0.39 is 6.09 Å². The molecule has 110 valence electrons. The van der Waals surface area contributed by atoms with E-state index >= 15 is 0 Å². The molecule has 1 heterocycles. The highest BCUT2D eigenvalue weighted by Crippen LogP contribution is 2.23. The summed E-state index contributed by atoms with van der Waals surface area (Å²) in [6, 6.07) is -0.0194. The van der Waals surface area contributed by atoms with E-state index in [0.717, 1.165) is 13.0 Å². The molecule has 0 spiro atoms. The Bertz CT molecular complexity index is 336. The number of carbonyl (C=O) groups is 2. The van der Waals surface area contributed by atoms with Crippen LogP contribution in [0.5, 0.6) is 0 Å². The predicted octanol–water partition coefficient (Wildman–Crippen LogP) is 2.02. The summed E-state index contributed by atoms with van der Waals surface area (Å²) >= 11 is 0. The number of piperidine rings is 1. The molecule has 19 heavy (non-hydrogen) atoms. The summed E-state index contributed by atoms with van der Waals surface area (Å²) in [4.78, 5) is 25.6. The second-order valence-corrected chi connectivity index (χ2v) is 6.36. The van der Waals surface area contributed by atoms with Crippen LogP contribution in [-0.4, -0.2) is 42.6 Å². The minimum atomic E-state index is -0.398. The van der Waals surface area contributed by atoms with Gasteiger partial charge in [0, 0.05) is 18.5 Å². The Morgan fingerprint density at radius 3 is 2.47 bits per heavy atom. The Morgan fingerprint density at radius 1 is 1.32 bits per heavy atom.